The van der Waals surface area contributed by atoms with E-state index in [0.717, 1.165) is 24.3 Å². The quantitative estimate of drug-likeness (QED) is 0.656. The Hall–Kier alpha value is -1.22. The summed E-state index contributed by atoms with van der Waals surface area (Å²) in [6.45, 7) is 3.63. The summed E-state index contributed by atoms with van der Waals surface area (Å²) < 4.78 is 0. The molecule has 1 fully saturated rings. The molecule has 3 nitrogen and oxygen atoms in total. The van der Waals surface area contributed by atoms with Crippen LogP contribution in [0.2, 0.25) is 0 Å². The molecule has 1 heterocycles. The Morgan fingerprint density at radius 2 is 2.29 bits per heavy atom. The fourth-order valence-corrected chi connectivity index (χ4v) is 1.92. The Bertz CT molecular complexity index is 338. The van der Waals surface area contributed by atoms with E-state index in [2.05, 4.69) is 11.0 Å². The van der Waals surface area contributed by atoms with E-state index < -0.39 is 0 Å². The lowest BCUT2D eigenvalue weighted by Gasteiger charge is -2.20. The SMILES string of the molecule is Cc1ccc(N2CC[C@H](O)C2)c(N)c1. The number of nitrogens with zero attached hydrogens (tertiary/aromatic N) is 1. The molecule has 0 spiro atoms. The minimum absolute atomic E-state index is 0.198. The van der Waals surface area contributed by atoms with Gasteiger partial charge in [0.05, 0.1) is 17.5 Å². The second kappa shape index (κ2) is 3.50. The number of benzene rings is 1. The molecule has 1 aliphatic heterocycles. The molecule has 3 N–H and O–H groups in total. The standard InChI is InChI=1S/C11H16N2O/c1-8-2-3-11(10(12)6-8)13-5-4-9(14)7-13/h2-3,6,9,14H,4-5,7,12H2,1H3/t9-/m0/s1. The third-order valence-corrected chi connectivity index (χ3v) is 2.69. The van der Waals surface area contributed by atoms with E-state index in [0.29, 0.717) is 6.54 Å². The molecule has 0 bridgehead atoms. The number of rotatable bonds is 1. The zero-order chi connectivity index (χ0) is 10.1. The molecule has 76 valence electrons. The summed E-state index contributed by atoms with van der Waals surface area (Å²) in [6, 6.07) is 6.05. The van der Waals surface area contributed by atoms with E-state index >= 15 is 0 Å². The number of nitrogen functional groups attached to an aromatic ring is 1. The van der Waals surface area contributed by atoms with Crippen molar-refractivity contribution in [3.8, 4) is 0 Å². The van der Waals surface area contributed by atoms with Crippen LogP contribution in [0.25, 0.3) is 0 Å². The zero-order valence-corrected chi connectivity index (χ0v) is 8.40. The summed E-state index contributed by atoms with van der Waals surface area (Å²) in [4.78, 5) is 2.14. The molecule has 1 atom stereocenters. The molecular formula is C11H16N2O. The van der Waals surface area contributed by atoms with Gasteiger partial charge in [0.25, 0.3) is 0 Å². The fraction of sp³-hybridized carbons (Fsp3) is 0.455. The maximum atomic E-state index is 9.42. The third-order valence-electron chi connectivity index (χ3n) is 2.69. The van der Waals surface area contributed by atoms with Gasteiger partial charge in [-0.3, -0.25) is 0 Å². The Balaban J connectivity index is 2.24. The fourth-order valence-electron chi connectivity index (χ4n) is 1.92. The van der Waals surface area contributed by atoms with Gasteiger partial charge in [-0.2, -0.15) is 0 Å². The average Bonchev–Trinajstić information content (AvgIpc) is 2.51. The van der Waals surface area contributed by atoms with Crippen LogP contribution in [-0.4, -0.2) is 24.3 Å². The Morgan fingerprint density at radius 3 is 2.86 bits per heavy atom. The van der Waals surface area contributed by atoms with Crippen molar-refractivity contribution in [2.45, 2.75) is 19.4 Å². The summed E-state index contributed by atoms with van der Waals surface area (Å²) in [5, 5.41) is 9.42. The number of aliphatic hydroxyl groups excluding tert-OH is 1. The molecule has 3 heteroatoms. The second-order valence-electron chi connectivity index (χ2n) is 3.95. The smallest absolute Gasteiger partial charge is 0.0731 e. The van der Waals surface area contributed by atoms with Crippen LogP contribution in [0.5, 0.6) is 0 Å². The molecule has 0 aromatic heterocycles. The third kappa shape index (κ3) is 1.68. The van der Waals surface area contributed by atoms with Crippen LogP contribution in [0.15, 0.2) is 18.2 Å². The zero-order valence-electron chi connectivity index (χ0n) is 8.40. The van der Waals surface area contributed by atoms with E-state index in [-0.39, 0.29) is 6.10 Å². The lowest BCUT2D eigenvalue weighted by Crippen LogP contribution is -2.22. The van der Waals surface area contributed by atoms with Gasteiger partial charge in [0, 0.05) is 13.1 Å². The Labute approximate surface area is 84.1 Å². The Morgan fingerprint density at radius 1 is 1.50 bits per heavy atom. The number of hydrogen-bond donors (Lipinski definition) is 2. The number of β-amino-alcohol motifs (C(OH)–C–C–N with tert-alkyl or cyclic N) is 1. The first-order valence-corrected chi connectivity index (χ1v) is 4.96. The van der Waals surface area contributed by atoms with Crippen LogP contribution in [-0.2, 0) is 0 Å². The highest BCUT2D eigenvalue weighted by atomic mass is 16.3. The number of aryl methyl sites for hydroxylation is 1. The minimum Gasteiger partial charge on any atom is -0.397 e. The predicted molar refractivity (Wildman–Crippen MR) is 58.4 cm³/mol. The van der Waals surface area contributed by atoms with E-state index in [4.69, 9.17) is 5.73 Å². The molecule has 1 aromatic carbocycles. The lowest BCUT2D eigenvalue weighted by atomic mass is 10.2. The maximum Gasteiger partial charge on any atom is 0.0731 e. The molecular weight excluding hydrogens is 176 g/mol. The van der Waals surface area contributed by atoms with Gasteiger partial charge < -0.3 is 15.7 Å². The summed E-state index contributed by atoms with van der Waals surface area (Å²) in [5.74, 6) is 0. The molecule has 1 saturated heterocycles. The van der Waals surface area contributed by atoms with Gasteiger partial charge in [0.1, 0.15) is 0 Å². The summed E-state index contributed by atoms with van der Waals surface area (Å²) in [6.07, 6.45) is 0.642. The van der Waals surface area contributed by atoms with Crippen LogP contribution < -0.4 is 10.6 Å². The number of aliphatic hydroxyl groups is 1. The van der Waals surface area contributed by atoms with E-state index in [9.17, 15) is 5.11 Å². The maximum absolute atomic E-state index is 9.42. The van der Waals surface area contributed by atoms with Crippen molar-refractivity contribution < 1.29 is 5.11 Å². The lowest BCUT2D eigenvalue weighted by molar-refractivity contribution is 0.198. The largest absolute Gasteiger partial charge is 0.397 e. The molecule has 0 saturated carbocycles. The Kier molecular flexibility index (Phi) is 2.33. The van der Waals surface area contributed by atoms with E-state index in [1.807, 2.05) is 19.1 Å². The summed E-state index contributed by atoms with van der Waals surface area (Å²) >= 11 is 0. The topological polar surface area (TPSA) is 49.5 Å². The van der Waals surface area contributed by atoms with E-state index in [1.54, 1.807) is 0 Å². The summed E-state index contributed by atoms with van der Waals surface area (Å²) in [5.41, 5.74) is 8.95. The van der Waals surface area contributed by atoms with Crippen LogP contribution >= 0.6 is 0 Å². The van der Waals surface area contributed by atoms with Gasteiger partial charge in [-0.25, -0.2) is 0 Å². The van der Waals surface area contributed by atoms with Gasteiger partial charge in [-0.15, -0.1) is 0 Å². The highest BCUT2D eigenvalue weighted by Crippen LogP contribution is 2.27. The van der Waals surface area contributed by atoms with Crippen LogP contribution in [0.4, 0.5) is 11.4 Å². The van der Waals surface area contributed by atoms with Gasteiger partial charge in [-0.05, 0) is 31.0 Å². The highest BCUT2D eigenvalue weighted by molar-refractivity contribution is 5.68. The molecule has 1 aromatic rings. The van der Waals surface area contributed by atoms with Gasteiger partial charge in [-0.1, -0.05) is 6.07 Å². The molecule has 0 radical (unpaired) electrons. The minimum atomic E-state index is -0.198. The van der Waals surface area contributed by atoms with Gasteiger partial charge in [0.15, 0.2) is 0 Å². The van der Waals surface area contributed by atoms with Crippen LogP contribution in [0.1, 0.15) is 12.0 Å². The van der Waals surface area contributed by atoms with Crippen molar-refractivity contribution in [1.29, 1.82) is 0 Å². The monoisotopic (exact) mass is 192 g/mol. The normalized spacial score (nSPS) is 21.6. The molecule has 0 aliphatic carbocycles. The first-order valence-electron chi connectivity index (χ1n) is 4.96. The first-order chi connectivity index (χ1) is 6.66. The van der Waals surface area contributed by atoms with Crippen molar-refractivity contribution in [3.63, 3.8) is 0 Å². The molecule has 0 amide bonds. The summed E-state index contributed by atoms with van der Waals surface area (Å²) in [7, 11) is 0. The van der Waals surface area contributed by atoms with Crippen LogP contribution in [0, 0.1) is 6.92 Å². The number of anilines is 2. The van der Waals surface area contributed by atoms with Crippen molar-refractivity contribution in [3.05, 3.63) is 23.8 Å². The van der Waals surface area contributed by atoms with E-state index in [1.165, 1.54) is 5.56 Å². The predicted octanol–water partition coefficient (Wildman–Crippen LogP) is 1.15. The molecule has 0 unspecified atom stereocenters. The van der Waals surface area contributed by atoms with Crippen molar-refractivity contribution >= 4 is 11.4 Å². The number of hydrogen-bond acceptors (Lipinski definition) is 3. The van der Waals surface area contributed by atoms with Gasteiger partial charge in [0.2, 0.25) is 0 Å². The highest BCUT2D eigenvalue weighted by Gasteiger charge is 2.21. The van der Waals surface area contributed by atoms with Crippen molar-refractivity contribution in [2.24, 2.45) is 0 Å². The molecule has 1 aliphatic rings. The molecule has 2 rings (SSSR count). The van der Waals surface area contributed by atoms with Gasteiger partial charge >= 0.3 is 0 Å². The molecule has 14 heavy (non-hydrogen) atoms. The first kappa shape index (κ1) is 9.34. The average molecular weight is 192 g/mol. The van der Waals surface area contributed by atoms with Crippen molar-refractivity contribution in [2.75, 3.05) is 23.7 Å². The van der Waals surface area contributed by atoms with Crippen molar-refractivity contribution in [1.82, 2.24) is 0 Å². The number of nitrogens with two attached hydrogens (primary N) is 1. The van der Waals surface area contributed by atoms with Crippen LogP contribution in [0.3, 0.4) is 0 Å². The second-order valence-corrected chi connectivity index (χ2v) is 3.95.